The fraction of sp³-hybridized carbons (Fsp3) is 0.300. The zero-order valence-corrected chi connectivity index (χ0v) is 20.6. The first-order valence-electron chi connectivity index (χ1n) is 11.9. The van der Waals surface area contributed by atoms with Crippen molar-refractivity contribution in [2.45, 2.75) is 47.1 Å². The van der Waals surface area contributed by atoms with Crippen LogP contribution in [-0.2, 0) is 0 Å². The third-order valence-corrected chi connectivity index (χ3v) is 5.65. The highest BCUT2D eigenvalue weighted by Crippen LogP contribution is 2.29. The molecular formula is C30H34F2N2. The number of nitrogens with zero attached hydrogens (tertiary/aromatic N) is 1. The molecule has 0 aliphatic carbocycles. The van der Waals surface area contributed by atoms with Gasteiger partial charge in [0.15, 0.2) is 0 Å². The predicted molar refractivity (Wildman–Crippen MR) is 137 cm³/mol. The maximum Gasteiger partial charge on any atom is 0.135 e. The summed E-state index contributed by atoms with van der Waals surface area (Å²) in [7, 11) is 0. The molecule has 1 N–H and O–H groups in total. The summed E-state index contributed by atoms with van der Waals surface area (Å²) < 4.78 is 28.0. The van der Waals surface area contributed by atoms with E-state index in [2.05, 4.69) is 57.3 Å². The van der Waals surface area contributed by atoms with Gasteiger partial charge in [0.2, 0.25) is 0 Å². The summed E-state index contributed by atoms with van der Waals surface area (Å²) in [6.07, 6.45) is 5.15. The molecule has 34 heavy (non-hydrogen) atoms. The quantitative estimate of drug-likeness (QED) is 0.325. The Morgan fingerprint density at radius 2 is 1.68 bits per heavy atom. The summed E-state index contributed by atoms with van der Waals surface area (Å²) in [4.78, 5) is 4.83. The van der Waals surface area contributed by atoms with Crippen molar-refractivity contribution in [2.75, 3.05) is 0 Å². The van der Waals surface area contributed by atoms with Gasteiger partial charge >= 0.3 is 0 Å². The van der Waals surface area contributed by atoms with E-state index in [1.807, 2.05) is 37.3 Å². The summed E-state index contributed by atoms with van der Waals surface area (Å²) in [5, 5.41) is 3.80. The van der Waals surface area contributed by atoms with Crippen LogP contribution in [0.25, 0.3) is 11.3 Å². The highest BCUT2D eigenvalue weighted by atomic mass is 19.1. The van der Waals surface area contributed by atoms with Gasteiger partial charge in [-0.2, -0.15) is 0 Å². The van der Waals surface area contributed by atoms with Gasteiger partial charge in [-0.1, -0.05) is 76.2 Å². The molecule has 1 atom stereocenters. The Labute approximate surface area is 202 Å². The number of halogens is 2. The lowest BCUT2D eigenvalue weighted by atomic mass is 9.93. The van der Waals surface area contributed by atoms with E-state index in [1.165, 1.54) is 23.4 Å². The fourth-order valence-electron chi connectivity index (χ4n) is 4.10. The van der Waals surface area contributed by atoms with Gasteiger partial charge in [-0.05, 0) is 60.6 Å². The van der Waals surface area contributed by atoms with Crippen molar-refractivity contribution < 1.29 is 8.78 Å². The lowest BCUT2D eigenvalue weighted by molar-refractivity contribution is 0.555. The minimum absolute atomic E-state index is 0.225. The number of aromatic nitrogens is 1. The number of benzene rings is 2. The van der Waals surface area contributed by atoms with Crippen molar-refractivity contribution in [1.29, 1.82) is 0 Å². The number of nitrogens with one attached hydrogen (secondary N) is 1. The Hall–Kier alpha value is -3.27. The van der Waals surface area contributed by atoms with E-state index in [1.54, 1.807) is 6.07 Å². The van der Waals surface area contributed by atoms with Crippen molar-refractivity contribution >= 4 is 0 Å². The Morgan fingerprint density at radius 1 is 0.941 bits per heavy atom. The van der Waals surface area contributed by atoms with Crippen LogP contribution >= 0.6 is 0 Å². The van der Waals surface area contributed by atoms with Gasteiger partial charge in [-0.15, -0.1) is 0 Å². The molecule has 4 heteroatoms. The minimum Gasteiger partial charge on any atom is -0.376 e. The van der Waals surface area contributed by atoms with Crippen molar-refractivity contribution in [3.63, 3.8) is 0 Å². The standard InChI is InChI=1S/C30H34F2N2/c1-6-11-24(21(4)5)29(18-20(2)3)34-30(22-12-8-7-9-13-22)28-15-10-14-27(33-28)25-17-16-23(31)19-26(25)32/h6-17,19-21,30,34H,18H2,1-5H3/b11-6-,29-24-. The molecule has 0 aliphatic rings. The molecule has 3 aromatic rings. The zero-order chi connectivity index (χ0) is 24.7. The monoisotopic (exact) mass is 460 g/mol. The lowest BCUT2D eigenvalue weighted by Gasteiger charge is -2.26. The van der Waals surface area contributed by atoms with Crippen LogP contribution in [-0.4, -0.2) is 4.98 Å². The van der Waals surface area contributed by atoms with E-state index < -0.39 is 11.6 Å². The van der Waals surface area contributed by atoms with Gasteiger partial charge in [0.1, 0.15) is 11.6 Å². The van der Waals surface area contributed by atoms with Gasteiger partial charge in [-0.3, -0.25) is 4.98 Å². The van der Waals surface area contributed by atoms with Crippen LogP contribution in [0.2, 0.25) is 0 Å². The van der Waals surface area contributed by atoms with Crippen LogP contribution in [0.3, 0.4) is 0 Å². The number of rotatable bonds is 9. The third-order valence-electron chi connectivity index (χ3n) is 5.65. The van der Waals surface area contributed by atoms with Crippen LogP contribution in [0.1, 0.15) is 58.3 Å². The largest absolute Gasteiger partial charge is 0.376 e. The smallest absolute Gasteiger partial charge is 0.135 e. The minimum atomic E-state index is -0.621. The molecule has 1 unspecified atom stereocenters. The van der Waals surface area contributed by atoms with Crippen molar-refractivity contribution in [3.8, 4) is 11.3 Å². The van der Waals surface area contributed by atoms with Gasteiger partial charge < -0.3 is 5.32 Å². The molecule has 2 nitrogen and oxygen atoms in total. The molecule has 1 aromatic heterocycles. The molecule has 0 fully saturated rings. The third kappa shape index (κ3) is 6.40. The van der Waals surface area contributed by atoms with E-state index in [0.717, 1.165) is 23.7 Å². The molecule has 0 amide bonds. The number of hydrogen-bond acceptors (Lipinski definition) is 2. The molecular weight excluding hydrogens is 426 g/mol. The topological polar surface area (TPSA) is 24.9 Å². The highest BCUT2D eigenvalue weighted by molar-refractivity contribution is 5.60. The average molecular weight is 461 g/mol. The van der Waals surface area contributed by atoms with Gasteiger partial charge in [-0.25, -0.2) is 8.78 Å². The summed E-state index contributed by atoms with van der Waals surface area (Å²) in [5.41, 5.74) is 5.04. The van der Waals surface area contributed by atoms with E-state index in [9.17, 15) is 8.78 Å². The molecule has 0 saturated heterocycles. The second kappa shape index (κ2) is 11.7. The summed E-state index contributed by atoms with van der Waals surface area (Å²) in [5.74, 6) is -0.411. The van der Waals surface area contributed by atoms with E-state index in [4.69, 9.17) is 4.98 Å². The first-order valence-corrected chi connectivity index (χ1v) is 11.9. The molecule has 178 valence electrons. The maximum atomic E-state index is 14.5. The molecule has 1 heterocycles. The number of allylic oxidation sites excluding steroid dienone is 4. The lowest BCUT2D eigenvalue weighted by Crippen LogP contribution is -2.26. The van der Waals surface area contributed by atoms with Crippen LogP contribution in [0.5, 0.6) is 0 Å². The molecule has 0 bridgehead atoms. The van der Waals surface area contributed by atoms with Crippen LogP contribution in [0.15, 0.2) is 90.2 Å². The molecule has 0 saturated carbocycles. The highest BCUT2D eigenvalue weighted by Gasteiger charge is 2.21. The Morgan fingerprint density at radius 3 is 2.29 bits per heavy atom. The van der Waals surface area contributed by atoms with E-state index >= 15 is 0 Å². The summed E-state index contributed by atoms with van der Waals surface area (Å²) >= 11 is 0. The van der Waals surface area contributed by atoms with Crippen molar-refractivity contribution in [2.24, 2.45) is 11.8 Å². The van der Waals surface area contributed by atoms with Crippen molar-refractivity contribution in [1.82, 2.24) is 10.3 Å². The predicted octanol–water partition coefficient (Wildman–Crippen LogP) is 8.24. The van der Waals surface area contributed by atoms with E-state index in [0.29, 0.717) is 17.5 Å². The van der Waals surface area contributed by atoms with Crippen LogP contribution < -0.4 is 5.32 Å². The Bertz CT molecular complexity index is 1150. The number of pyridine rings is 1. The Kier molecular flexibility index (Phi) is 8.75. The second-order valence-electron chi connectivity index (χ2n) is 9.25. The van der Waals surface area contributed by atoms with Gasteiger partial charge in [0.25, 0.3) is 0 Å². The van der Waals surface area contributed by atoms with Crippen LogP contribution in [0, 0.1) is 23.5 Å². The average Bonchev–Trinajstić information content (AvgIpc) is 2.80. The van der Waals surface area contributed by atoms with Gasteiger partial charge in [0.05, 0.1) is 17.4 Å². The van der Waals surface area contributed by atoms with Crippen molar-refractivity contribution in [3.05, 3.63) is 113 Å². The first-order chi connectivity index (χ1) is 16.3. The summed E-state index contributed by atoms with van der Waals surface area (Å²) in [6, 6.07) is 19.1. The van der Waals surface area contributed by atoms with E-state index in [-0.39, 0.29) is 11.6 Å². The number of hydrogen-bond donors (Lipinski definition) is 1. The molecule has 2 aromatic carbocycles. The molecule has 0 aliphatic heterocycles. The normalized spacial score (nSPS) is 13.4. The summed E-state index contributed by atoms with van der Waals surface area (Å²) in [6.45, 7) is 10.9. The zero-order valence-electron chi connectivity index (χ0n) is 20.6. The molecule has 0 spiro atoms. The van der Waals surface area contributed by atoms with Gasteiger partial charge in [0, 0.05) is 17.3 Å². The molecule has 0 radical (unpaired) electrons. The fourth-order valence-corrected chi connectivity index (χ4v) is 4.10. The van der Waals surface area contributed by atoms with Crippen LogP contribution in [0.4, 0.5) is 8.78 Å². The maximum absolute atomic E-state index is 14.5. The second-order valence-corrected chi connectivity index (χ2v) is 9.25. The molecule has 3 rings (SSSR count). The Balaban J connectivity index is 2.13. The first kappa shape index (κ1) is 25.4. The SMILES string of the molecule is C/C=C\C(=C(/CC(C)C)NC(c1ccccc1)c1cccc(-c2ccc(F)cc2F)n1)C(C)C.